The molecule has 0 unspecified atom stereocenters. The van der Waals surface area contributed by atoms with E-state index in [9.17, 15) is 4.79 Å². The van der Waals surface area contributed by atoms with Crippen LogP contribution in [0.3, 0.4) is 0 Å². The van der Waals surface area contributed by atoms with Crippen molar-refractivity contribution in [3.63, 3.8) is 0 Å². The van der Waals surface area contributed by atoms with E-state index in [0.717, 1.165) is 0 Å². The molecule has 0 atom stereocenters. The fraction of sp³-hybridized carbons (Fsp3) is 0. The smallest absolute Gasteiger partial charge is 0.275 e. The number of nitrogens with one attached hydrogen (secondary N) is 1. The molecule has 1 heterocycles. The van der Waals surface area contributed by atoms with Crippen molar-refractivity contribution < 1.29 is 4.79 Å². The molecule has 1 N–H and O–H groups in total. The zero-order valence-electron chi connectivity index (χ0n) is 9.25. The van der Waals surface area contributed by atoms with E-state index in [1.807, 2.05) is 6.07 Å². The van der Waals surface area contributed by atoms with Crippen molar-refractivity contribution in [3.8, 4) is 0 Å². The van der Waals surface area contributed by atoms with E-state index in [0.29, 0.717) is 5.69 Å². The average Bonchev–Trinajstić information content (AvgIpc) is 2.41. The summed E-state index contributed by atoms with van der Waals surface area (Å²) in [6.45, 7) is 0. The first-order valence-electron chi connectivity index (χ1n) is 5.07. The van der Waals surface area contributed by atoms with Crippen LogP contribution >= 0.6 is 46.4 Å². The number of pyridine rings is 1. The van der Waals surface area contributed by atoms with Crippen molar-refractivity contribution in [1.82, 2.24) is 4.98 Å². The van der Waals surface area contributed by atoms with Crippen molar-refractivity contribution >= 4 is 58.0 Å². The van der Waals surface area contributed by atoms with Crippen molar-refractivity contribution in [2.45, 2.75) is 0 Å². The number of carbonyl (C=O) groups is 1. The minimum Gasteiger partial charge on any atom is -0.321 e. The van der Waals surface area contributed by atoms with Crippen LogP contribution in [0.4, 0.5) is 5.69 Å². The second-order valence-corrected chi connectivity index (χ2v) is 5.01. The third-order valence-electron chi connectivity index (χ3n) is 2.23. The lowest BCUT2D eigenvalue weighted by Gasteiger charge is -2.08. The molecule has 0 bridgehead atoms. The Hall–Kier alpha value is -1.000. The highest BCUT2D eigenvalue weighted by Gasteiger charge is 2.20. The van der Waals surface area contributed by atoms with Gasteiger partial charge in [-0.15, -0.1) is 0 Å². The number of amides is 1. The van der Waals surface area contributed by atoms with Crippen LogP contribution in [0.2, 0.25) is 20.2 Å². The molecule has 19 heavy (non-hydrogen) atoms. The van der Waals surface area contributed by atoms with Gasteiger partial charge in [-0.3, -0.25) is 4.79 Å². The number of carbonyl (C=O) groups excluding carboxylic acids is 1. The van der Waals surface area contributed by atoms with Crippen LogP contribution in [0.15, 0.2) is 30.3 Å². The minimum atomic E-state index is -0.517. The molecule has 1 aromatic carbocycles. The van der Waals surface area contributed by atoms with Crippen molar-refractivity contribution in [1.29, 1.82) is 0 Å². The highest BCUT2D eigenvalue weighted by molar-refractivity contribution is 6.52. The maximum atomic E-state index is 12.0. The molecular weight excluding hydrogens is 330 g/mol. The molecule has 0 aliphatic heterocycles. The zero-order chi connectivity index (χ0) is 14.0. The summed E-state index contributed by atoms with van der Waals surface area (Å²) >= 11 is 23.3. The van der Waals surface area contributed by atoms with Gasteiger partial charge in [-0.25, -0.2) is 4.98 Å². The molecule has 1 amide bonds. The van der Waals surface area contributed by atoms with Crippen molar-refractivity contribution in [2.24, 2.45) is 0 Å². The Balaban J connectivity index is 2.35. The van der Waals surface area contributed by atoms with Crippen LogP contribution in [-0.4, -0.2) is 10.9 Å². The van der Waals surface area contributed by atoms with E-state index in [4.69, 9.17) is 46.4 Å². The molecule has 3 nitrogen and oxygen atoms in total. The Bertz CT molecular complexity index is 631. The fourth-order valence-electron chi connectivity index (χ4n) is 1.35. The fourth-order valence-corrected chi connectivity index (χ4v) is 2.16. The monoisotopic (exact) mass is 334 g/mol. The van der Waals surface area contributed by atoms with Gasteiger partial charge in [0.05, 0.1) is 15.1 Å². The largest absolute Gasteiger partial charge is 0.321 e. The molecule has 0 aliphatic carbocycles. The molecule has 0 fully saturated rings. The topological polar surface area (TPSA) is 42.0 Å². The molecule has 98 valence electrons. The Morgan fingerprint density at radius 3 is 2.21 bits per heavy atom. The molecule has 2 rings (SSSR count). The highest BCUT2D eigenvalue weighted by Crippen LogP contribution is 2.36. The first-order valence-corrected chi connectivity index (χ1v) is 6.58. The van der Waals surface area contributed by atoms with Crippen molar-refractivity contribution in [2.75, 3.05) is 5.32 Å². The summed E-state index contributed by atoms with van der Waals surface area (Å²) in [4.78, 5) is 15.9. The van der Waals surface area contributed by atoms with E-state index < -0.39 is 5.91 Å². The lowest BCUT2D eigenvalue weighted by atomic mass is 10.3. The molecule has 1 aromatic heterocycles. The standard InChI is InChI=1S/C12H6Cl4N2O/c13-7-8(14)10(18-11(16)9(7)15)12(19)17-6-4-2-1-3-5-6/h1-5H,(H,17,19). The summed E-state index contributed by atoms with van der Waals surface area (Å²) in [5, 5.41) is 2.53. The van der Waals surface area contributed by atoms with Gasteiger partial charge >= 0.3 is 0 Å². The van der Waals surface area contributed by atoms with Gasteiger partial charge in [-0.05, 0) is 12.1 Å². The van der Waals surface area contributed by atoms with Gasteiger partial charge in [0.15, 0.2) is 0 Å². The quantitative estimate of drug-likeness (QED) is 0.789. The van der Waals surface area contributed by atoms with E-state index in [2.05, 4.69) is 10.3 Å². The van der Waals surface area contributed by atoms with Gasteiger partial charge in [0, 0.05) is 5.69 Å². The Kier molecular flexibility index (Phi) is 4.53. The number of aromatic nitrogens is 1. The Morgan fingerprint density at radius 2 is 1.58 bits per heavy atom. The number of anilines is 1. The summed E-state index contributed by atoms with van der Waals surface area (Å²) in [5.74, 6) is -0.517. The number of hydrogen-bond donors (Lipinski definition) is 1. The van der Waals surface area contributed by atoms with Gasteiger partial charge in [0.1, 0.15) is 10.8 Å². The van der Waals surface area contributed by atoms with E-state index in [1.165, 1.54) is 0 Å². The van der Waals surface area contributed by atoms with E-state index >= 15 is 0 Å². The molecule has 0 saturated heterocycles. The van der Waals surface area contributed by atoms with Gasteiger partial charge in [0.25, 0.3) is 5.91 Å². The van der Waals surface area contributed by atoms with Crippen LogP contribution < -0.4 is 5.32 Å². The Morgan fingerprint density at radius 1 is 0.947 bits per heavy atom. The molecule has 2 aromatic rings. The van der Waals surface area contributed by atoms with Gasteiger partial charge in [-0.2, -0.15) is 0 Å². The van der Waals surface area contributed by atoms with Crippen LogP contribution in [0.5, 0.6) is 0 Å². The first kappa shape index (κ1) is 14.4. The number of para-hydroxylation sites is 1. The minimum absolute atomic E-state index is 0.00143. The molecule has 0 saturated carbocycles. The third kappa shape index (κ3) is 3.12. The van der Waals surface area contributed by atoms with Gasteiger partial charge in [-0.1, -0.05) is 64.6 Å². The normalized spacial score (nSPS) is 10.3. The summed E-state index contributed by atoms with van der Waals surface area (Å²) in [7, 11) is 0. The summed E-state index contributed by atoms with van der Waals surface area (Å²) in [6.07, 6.45) is 0. The predicted molar refractivity (Wildman–Crippen MR) is 78.7 cm³/mol. The van der Waals surface area contributed by atoms with Crippen molar-refractivity contribution in [3.05, 3.63) is 56.2 Å². The molecular formula is C12H6Cl4N2O. The second kappa shape index (κ2) is 5.97. The number of nitrogens with zero attached hydrogens (tertiary/aromatic N) is 1. The maximum absolute atomic E-state index is 12.0. The molecule has 0 aliphatic rings. The lowest BCUT2D eigenvalue weighted by Crippen LogP contribution is -2.14. The number of hydrogen-bond acceptors (Lipinski definition) is 2. The predicted octanol–water partition coefficient (Wildman–Crippen LogP) is 4.95. The summed E-state index contributed by atoms with van der Waals surface area (Å²) < 4.78 is 0. The summed E-state index contributed by atoms with van der Waals surface area (Å²) in [5.41, 5.74) is 0.525. The molecule has 7 heteroatoms. The van der Waals surface area contributed by atoms with Gasteiger partial charge < -0.3 is 5.32 Å². The third-order valence-corrected chi connectivity index (χ3v) is 3.91. The number of benzene rings is 1. The first-order chi connectivity index (χ1) is 9.00. The van der Waals surface area contributed by atoms with E-state index in [-0.39, 0.29) is 25.9 Å². The SMILES string of the molecule is O=C(Nc1ccccc1)c1nc(Cl)c(Cl)c(Cl)c1Cl. The maximum Gasteiger partial charge on any atom is 0.275 e. The number of halogens is 4. The van der Waals surface area contributed by atoms with Crippen LogP contribution in [-0.2, 0) is 0 Å². The van der Waals surface area contributed by atoms with Crippen LogP contribution in [0.1, 0.15) is 10.5 Å². The lowest BCUT2D eigenvalue weighted by molar-refractivity contribution is 0.102. The number of rotatable bonds is 2. The summed E-state index contributed by atoms with van der Waals surface area (Å²) in [6, 6.07) is 8.85. The van der Waals surface area contributed by atoms with Crippen LogP contribution in [0.25, 0.3) is 0 Å². The average molecular weight is 336 g/mol. The molecule has 0 spiro atoms. The van der Waals surface area contributed by atoms with Crippen LogP contribution in [0, 0.1) is 0 Å². The highest BCUT2D eigenvalue weighted by atomic mass is 35.5. The van der Waals surface area contributed by atoms with E-state index in [1.54, 1.807) is 24.3 Å². The second-order valence-electron chi connectivity index (χ2n) is 3.51. The Labute approximate surface area is 129 Å². The zero-order valence-corrected chi connectivity index (χ0v) is 12.3. The van der Waals surface area contributed by atoms with Gasteiger partial charge in [0.2, 0.25) is 0 Å². The molecule has 0 radical (unpaired) electrons.